The highest BCUT2D eigenvalue weighted by molar-refractivity contribution is 6.24. The van der Waals surface area contributed by atoms with Crippen molar-refractivity contribution in [3.05, 3.63) is 59.9 Å². The first-order valence-electron chi connectivity index (χ1n) is 12.9. The van der Waals surface area contributed by atoms with Crippen molar-refractivity contribution in [3.8, 4) is 6.07 Å². The van der Waals surface area contributed by atoms with Crippen LogP contribution in [0.25, 0.3) is 0 Å². The number of hydrogen-bond acceptors (Lipinski definition) is 7. The van der Waals surface area contributed by atoms with Crippen LogP contribution in [0.2, 0.25) is 0 Å². The van der Waals surface area contributed by atoms with Crippen LogP contribution >= 0.6 is 0 Å². The van der Waals surface area contributed by atoms with Gasteiger partial charge in [-0.3, -0.25) is 24.2 Å². The van der Waals surface area contributed by atoms with Gasteiger partial charge in [0.05, 0.1) is 23.2 Å². The van der Waals surface area contributed by atoms with Crippen molar-refractivity contribution in [2.75, 3.05) is 11.4 Å². The number of halogens is 3. The number of amides is 4. The monoisotopic (exact) mass is 570 g/mol. The van der Waals surface area contributed by atoms with Gasteiger partial charge in [-0.15, -0.1) is 0 Å². The van der Waals surface area contributed by atoms with E-state index in [9.17, 15) is 37.6 Å². The number of alkyl halides is 3. The quantitative estimate of drug-likeness (QED) is 0.481. The van der Waals surface area contributed by atoms with Crippen LogP contribution in [0.3, 0.4) is 0 Å². The maximum atomic E-state index is 14.1. The molecule has 1 aromatic heterocycles. The summed E-state index contributed by atoms with van der Waals surface area (Å²) in [6, 6.07) is 8.32. The predicted molar refractivity (Wildman–Crippen MR) is 140 cm³/mol. The molecule has 3 heterocycles. The first kappa shape index (κ1) is 29.7. The zero-order valence-electron chi connectivity index (χ0n) is 22.6. The van der Waals surface area contributed by atoms with E-state index in [4.69, 9.17) is 0 Å². The average molecular weight is 571 g/mol. The molecule has 2 aliphatic rings. The summed E-state index contributed by atoms with van der Waals surface area (Å²) in [6.45, 7) is 4.53. The van der Waals surface area contributed by atoms with Gasteiger partial charge < -0.3 is 16.0 Å². The molecule has 1 fully saturated rings. The fraction of sp³-hybridized carbons (Fsp3) is 0.429. The number of nitrogens with zero attached hydrogens (tertiary/aromatic N) is 3. The van der Waals surface area contributed by atoms with Crippen LogP contribution in [-0.4, -0.2) is 59.5 Å². The van der Waals surface area contributed by atoms with Gasteiger partial charge in [-0.05, 0) is 35.1 Å². The molecule has 1 aromatic carbocycles. The molecule has 0 saturated carbocycles. The first-order chi connectivity index (χ1) is 19.2. The van der Waals surface area contributed by atoms with Crippen LogP contribution in [0.5, 0.6) is 0 Å². The maximum absolute atomic E-state index is 14.1. The summed E-state index contributed by atoms with van der Waals surface area (Å²) in [6.07, 6.45) is -2.27. The Morgan fingerprint density at radius 2 is 1.88 bits per heavy atom. The van der Waals surface area contributed by atoms with Crippen LogP contribution < -0.4 is 20.9 Å². The minimum Gasteiger partial charge on any atom is -0.342 e. The molecule has 1 spiro atoms. The van der Waals surface area contributed by atoms with E-state index in [2.05, 4.69) is 21.7 Å². The molecule has 2 aromatic rings. The number of nitrogens with one attached hydrogen (secondary N) is 3. The van der Waals surface area contributed by atoms with Crippen LogP contribution in [-0.2, 0) is 31.0 Å². The number of carbonyl (C=O) groups excluding carboxylic acids is 4. The van der Waals surface area contributed by atoms with Crippen molar-refractivity contribution in [3.63, 3.8) is 0 Å². The van der Waals surface area contributed by atoms with E-state index in [1.54, 1.807) is 41.7 Å². The molecule has 0 bridgehead atoms. The molecular weight excluding hydrogens is 541 g/mol. The number of rotatable bonds is 6. The van der Waals surface area contributed by atoms with Gasteiger partial charge in [0.15, 0.2) is 0 Å². The van der Waals surface area contributed by atoms with Crippen molar-refractivity contribution < 1.29 is 32.3 Å². The Hall–Kier alpha value is -4.31. The molecule has 0 unspecified atom stereocenters. The maximum Gasteiger partial charge on any atom is 0.471 e. The third kappa shape index (κ3) is 5.78. The Bertz CT molecular complexity index is 1400. The smallest absolute Gasteiger partial charge is 0.342 e. The summed E-state index contributed by atoms with van der Waals surface area (Å²) in [5, 5.41) is 16.7. The lowest BCUT2D eigenvalue weighted by Crippen LogP contribution is -2.60. The zero-order chi connectivity index (χ0) is 30.2. The largest absolute Gasteiger partial charge is 0.471 e. The summed E-state index contributed by atoms with van der Waals surface area (Å²) >= 11 is 0. The van der Waals surface area contributed by atoms with E-state index in [1.807, 2.05) is 0 Å². The molecule has 0 radical (unpaired) electrons. The third-order valence-corrected chi connectivity index (χ3v) is 7.29. The molecule has 216 valence electrons. The summed E-state index contributed by atoms with van der Waals surface area (Å²) in [5.41, 5.74) is -0.982. The van der Waals surface area contributed by atoms with Crippen LogP contribution in [0.1, 0.15) is 38.3 Å². The highest BCUT2D eigenvalue weighted by atomic mass is 19.4. The van der Waals surface area contributed by atoms with Crippen LogP contribution in [0, 0.1) is 16.7 Å². The number of fused-ring (bicyclic) bond motifs is 2. The van der Waals surface area contributed by atoms with Gasteiger partial charge >= 0.3 is 12.1 Å². The topological polar surface area (TPSA) is 144 Å². The Kier molecular flexibility index (Phi) is 7.91. The average Bonchev–Trinajstić information content (AvgIpc) is 3.45. The number of pyridine rings is 1. The van der Waals surface area contributed by atoms with E-state index < -0.39 is 58.8 Å². The van der Waals surface area contributed by atoms with Crippen molar-refractivity contribution in [2.24, 2.45) is 5.41 Å². The Morgan fingerprint density at radius 1 is 1.17 bits per heavy atom. The van der Waals surface area contributed by atoms with Crippen LogP contribution in [0.4, 0.5) is 18.9 Å². The lowest BCUT2D eigenvalue weighted by molar-refractivity contribution is -0.175. The Morgan fingerprint density at radius 3 is 2.46 bits per heavy atom. The molecule has 2 aliphatic heterocycles. The second-order valence-electron chi connectivity index (χ2n) is 11.2. The molecule has 3 N–H and O–H groups in total. The summed E-state index contributed by atoms with van der Waals surface area (Å²) in [4.78, 5) is 58.2. The van der Waals surface area contributed by atoms with Gasteiger partial charge in [0, 0.05) is 25.4 Å². The van der Waals surface area contributed by atoms with Crippen LogP contribution in [0.15, 0.2) is 48.8 Å². The van der Waals surface area contributed by atoms with Gasteiger partial charge in [0.25, 0.3) is 5.91 Å². The number of nitriles is 1. The number of para-hydroxylation sites is 1. The number of carbonyl (C=O) groups is 4. The molecule has 4 amide bonds. The summed E-state index contributed by atoms with van der Waals surface area (Å²) in [5.74, 6) is -4.71. The minimum atomic E-state index is -5.23. The molecule has 41 heavy (non-hydrogen) atoms. The zero-order valence-corrected chi connectivity index (χ0v) is 22.6. The molecule has 4 atom stereocenters. The molecule has 4 rings (SSSR count). The second kappa shape index (κ2) is 10.9. The summed E-state index contributed by atoms with van der Waals surface area (Å²) < 4.78 is 39.2. The van der Waals surface area contributed by atoms with Gasteiger partial charge in [-0.2, -0.15) is 18.4 Å². The standard InChI is InChI=1S/C28H29F3N6O4/c1-26(2,3)21(36-24(40)28(29,30)31)22(38)35-19(11-16-7-6-10-33-14-16)23(39)37-20-9-5-4-8-18(20)27(25(37)41)12-17(13-32)34-15-27/h4-10,14,17,19,21,34H,11-12,15H2,1-3H3,(H,35,38)(H,36,40)/t17-,19-,21+,27-/m0/s1. The fourth-order valence-electron chi connectivity index (χ4n) is 5.23. The van der Waals surface area contributed by atoms with E-state index in [1.165, 1.54) is 33.2 Å². The van der Waals surface area contributed by atoms with Crippen molar-refractivity contribution in [1.82, 2.24) is 20.9 Å². The first-order valence-corrected chi connectivity index (χ1v) is 12.9. The van der Waals surface area contributed by atoms with Gasteiger partial charge in [-0.1, -0.05) is 45.0 Å². The number of benzene rings is 1. The molecule has 0 aliphatic carbocycles. The Labute approximate surface area is 234 Å². The number of aromatic nitrogens is 1. The number of anilines is 1. The lowest BCUT2D eigenvalue weighted by Gasteiger charge is -2.32. The second-order valence-corrected chi connectivity index (χ2v) is 11.2. The summed E-state index contributed by atoms with van der Waals surface area (Å²) in [7, 11) is 0. The highest BCUT2D eigenvalue weighted by Crippen LogP contribution is 2.46. The Balaban J connectivity index is 1.70. The van der Waals surface area contributed by atoms with Crippen molar-refractivity contribution in [2.45, 2.75) is 63.3 Å². The van der Waals surface area contributed by atoms with Gasteiger partial charge in [0.2, 0.25) is 11.8 Å². The third-order valence-electron chi connectivity index (χ3n) is 7.29. The highest BCUT2D eigenvalue weighted by Gasteiger charge is 2.57. The predicted octanol–water partition coefficient (Wildman–Crippen LogP) is 1.90. The normalized spacial score (nSPS) is 21.6. The molecular formula is C28H29F3N6O4. The molecule has 13 heteroatoms. The van der Waals surface area contributed by atoms with Crippen molar-refractivity contribution >= 4 is 29.3 Å². The van der Waals surface area contributed by atoms with Gasteiger partial charge in [0.1, 0.15) is 12.1 Å². The van der Waals surface area contributed by atoms with Crippen molar-refractivity contribution in [1.29, 1.82) is 5.26 Å². The number of imide groups is 1. The lowest BCUT2D eigenvalue weighted by atomic mass is 9.79. The molecule has 1 saturated heterocycles. The van der Waals surface area contributed by atoms with E-state index in [-0.39, 0.29) is 19.4 Å². The fourth-order valence-corrected chi connectivity index (χ4v) is 5.23. The van der Waals surface area contributed by atoms with E-state index in [0.717, 1.165) is 4.90 Å². The van der Waals surface area contributed by atoms with E-state index >= 15 is 0 Å². The minimum absolute atomic E-state index is 0.125. The number of hydrogen-bond donors (Lipinski definition) is 3. The van der Waals surface area contributed by atoms with E-state index in [0.29, 0.717) is 16.8 Å². The van der Waals surface area contributed by atoms with Gasteiger partial charge in [-0.25, -0.2) is 4.90 Å². The SMILES string of the molecule is CC(C)(C)[C@H](NC(=O)C(F)(F)F)C(=O)N[C@@H](Cc1cccnc1)C(=O)N1C(=O)[C@@]2(CN[C@H](C#N)C2)c2ccccc21. The molecule has 10 nitrogen and oxygen atoms in total.